The number of oxime groups is 1. The van der Waals surface area contributed by atoms with Crippen LogP contribution in [-0.4, -0.2) is 83.1 Å². The molecular formula is C22H24N7O7S3+. The van der Waals surface area contributed by atoms with E-state index in [2.05, 4.69) is 20.4 Å². The summed E-state index contributed by atoms with van der Waals surface area (Å²) in [6, 6.07) is 0.729. The van der Waals surface area contributed by atoms with Crippen LogP contribution in [0.1, 0.15) is 19.5 Å². The topological polar surface area (TPSA) is 201 Å². The van der Waals surface area contributed by atoms with Crippen molar-refractivity contribution in [1.29, 1.82) is 0 Å². The second-order valence-corrected chi connectivity index (χ2v) is 11.8. The fourth-order valence-corrected chi connectivity index (χ4v) is 6.49. The van der Waals surface area contributed by atoms with Crippen molar-refractivity contribution in [2.75, 3.05) is 17.2 Å². The second kappa shape index (κ2) is 11.2. The van der Waals surface area contributed by atoms with E-state index in [0.717, 1.165) is 16.2 Å². The molecule has 2 aliphatic heterocycles. The van der Waals surface area contributed by atoms with E-state index in [0.29, 0.717) is 22.2 Å². The predicted octanol–water partition coefficient (Wildman–Crippen LogP) is 0.0596. The molecule has 2 aliphatic rings. The lowest BCUT2D eigenvalue weighted by Crippen LogP contribution is -2.71. The third kappa shape index (κ3) is 5.84. The first-order valence-corrected chi connectivity index (χ1v) is 14.2. The third-order valence-corrected chi connectivity index (χ3v) is 8.81. The van der Waals surface area contributed by atoms with Crippen molar-refractivity contribution in [3.05, 3.63) is 40.8 Å². The minimum Gasteiger partial charge on any atom is -0.478 e. The number of carbonyl (C=O) groups excluding carboxylic acids is 2. The molecule has 0 saturated carbocycles. The monoisotopic (exact) mass is 594 g/mol. The molecule has 0 spiro atoms. The molecule has 4 heterocycles. The van der Waals surface area contributed by atoms with E-state index in [9.17, 15) is 29.4 Å². The fraction of sp³-hybridized carbons (Fsp3) is 0.364. The van der Waals surface area contributed by atoms with Gasteiger partial charge in [0.15, 0.2) is 10.8 Å². The van der Waals surface area contributed by atoms with Crippen LogP contribution in [0.2, 0.25) is 0 Å². The Morgan fingerprint density at radius 3 is 2.74 bits per heavy atom. The number of carbonyl (C=O) groups is 4. The SMILES string of the molecule is C[n+]1cccnc1SCC1=C(C(=O)O)N2C(=O)[C@@H](NC(=O)/C(=N\OC(C)(C)C(=O)O)c3csc(N)n3)[C@H]2SC1. The average Bonchev–Trinajstić information content (AvgIpc) is 3.31. The maximum absolute atomic E-state index is 13.2. The van der Waals surface area contributed by atoms with Gasteiger partial charge in [0.2, 0.25) is 5.60 Å². The zero-order chi connectivity index (χ0) is 28.5. The highest BCUT2D eigenvalue weighted by Gasteiger charge is 2.54. The van der Waals surface area contributed by atoms with Crippen LogP contribution in [0, 0.1) is 0 Å². The van der Waals surface area contributed by atoms with Gasteiger partial charge in [-0.3, -0.25) is 14.5 Å². The van der Waals surface area contributed by atoms with Gasteiger partial charge in [-0.2, -0.15) is 0 Å². The van der Waals surface area contributed by atoms with Gasteiger partial charge >= 0.3 is 17.1 Å². The molecule has 0 aromatic carbocycles. The number of anilines is 1. The van der Waals surface area contributed by atoms with E-state index in [4.69, 9.17) is 10.6 Å². The number of fused-ring (bicyclic) bond motifs is 1. The number of β-lactam (4-membered cyclic amide) rings is 1. The van der Waals surface area contributed by atoms with Gasteiger partial charge in [0.1, 0.15) is 29.0 Å². The Hall–Kier alpha value is -3.70. The number of nitrogens with zero attached hydrogens (tertiary/aromatic N) is 5. The van der Waals surface area contributed by atoms with Crippen molar-refractivity contribution in [1.82, 2.24) is 20.2 Å². The molecule has 2 aromatic rings. The molecule has 0 radical (unpaired) electrons. The molecule has 0 bridgehead atoms. The number of aryl methyl sites for hydroxylation is 1. The van der Waals surface area contributed by atoms with Crippen LogP contribution in [-0.2, 0) is 31.1 Å². The second-order valence-electron chi connectivity index (χ2n) is 8.84. The van der Waals surface area contributed by atoms with Crippen LogP contribution in [0.5, 0.6) is 0 Å². The van der Waals surface area contributed by atoms with E-state index in [1.54, 1.807) is 16.8 Å². The van der Waals surface area contributed by atoms with Gasteiger partial charge in [-0.15, -0.1) is 23.1 Å². The van der Waals surface area contributed by atoms with Gasteiger partial charge in [0, 0.05) is 23.0 Å². The highest BCUT2D eigenvalue weighted by molar-refractivity contribution is 8.01. The first-order valence-electron chi connectivity index (χ1n) is 11.3. The summed E-state index contributed by atoms with van der Waals surface area (Å²) in [4.78, 5) is 64.3. The number of nitrogens with one attached hydrogen (secondary N) is 1. The normalized spacial score (nSPS) is 19.3. The minimum absolute atomic E-state index is 0.0317. The zero-order valence-corrected chi connectivity index (χ0v) is 23.3. The number of hydrogen-bond acceptors (Lipinski definition) is 12. The van der Waals surface area contributed by atoms with Crippen molar-refractivity contribution in [3.63, 3.8) is 0 Å². The van der Waals surface area contributed by atoms with E-state index in [1.165, 1.54) is 42.8 Å². The summed E-state index contributed by atoms with van der Waals surface area (Å²) in [6.45, 7) is 2.50. The summed E-state index contributed by atoms with van der Waals surface area (Å²) in [6.07, 6.45) is 3.46. The number of carboxylic acid groups (broad SMARTS) is 2. The van der Waals surface area contributed by atoms with E-state index in [-0.39, 0.29) is 22.2 Å². The summed E-state index contributed by atoms with van der Waals surface area (Å²) >= 11 is 3.69. The van der Waals surface area contributed by atoms with Crippen LogP contribution >= 0.6 is 34.9 Å². The molecular weight excluding hydrogens is 570 g/mol. The van der Waals surface area contributed by atoms with Crippen LogP contribution in [0.3, 0.4) is 0 Å². The third-order valence-electron chi connectivity index (χ3n) is 5.65. The van der Waals surface area contributed by atoms with Crippen LogP contribution < -0.4 is 15.6 Å². The number of rotatable bonds is 10. The van der Waals surface area contributed by atoms with E-state index < -0.39 is 40.8 Å². The maximum atomic E-state index is 13.2. The number of aromatic nitrogens is 3. The van der Waals surface area contributed by atoms with Crippen LogP contribution in [0.4, 0.5) is 5.13 Å². The summed E-state index contributed by atoms with van der Waals surface area (Å²) < 4.78 is 1.81. The van der Waals surface area contributed by atoms with Gasteiger partial charge in [0.05, 0.1) is 13.2 Å². The standard InChI is InChI=1S/C22H23N7O7S3/c1-22(2,19(34)35)36-27-12(11-9-38-20(23)25-11)15(30)26-13-16(31)29-14(18(32)33)10(7-37-17(13)29)8-39-21-24-5-4-6-28(21)3/h4-6,9,13,17H,7-8H2,1-3H3,(H4-,23,25,26,30,32,33,34,35)/p+1/b27-12-/t13-,17-/m1/s1. The minimum atomic E-state index is -1.75. The molecule has 2 atom stereocenters. The molecule has 39 heavy (non-hydrogen) atoms. The molecule has 0 unspecified atom stereocenters. The maximum Gasteiger partial charge on any atom is 0.359 e. The molecule has 0 aliphatic carbocycles. The Bertz CT molecular complexity index is 1410. The van der Waals surface area contributed by atoms with Crippen molar-refractivity contribution in [3.8, 4) is 0 Å². The number of thioether (sulfide) groups is 2. The molecule has 4 rings (SSSR count). The summed E-state index contributed by atoms with van der Waals surface area (Å²) in [5.74, 6) is -3.38. The van der Waals surface area contributed by atoms with Crippen molar-refractivity contribution in [2.45, 2.75) is 36.0 Å². The molecule has 2 amide bonds. The number of amides is 2. The fourth-order valence-electron chi connectivity index (χ4n) is 3.52. The van der Waals surface area contributed by atoms with Crippen molar-refractivity contribution < 1.29 is 38.8 Å². The molecule has 5 N–H and O–H groups in total. The van der Waals surface area contributed by atoms with Crippen LogP contribution in [0.15, 0.2) is 45.4 Å². The lowest BCUT2D eigenvalue weighted by atomic mass is 10.0. The number of carboxylic acids is 2. The number of aliphatic carboxylic acids is 2. The van der Waals surface area contributed by atoms with Crippen molar-refractivity contribution >= 4 is 69.5 Å². The van der Waals surface area contributed by atoms with E-state index in [1.807, 2.05) is 13.2 Å². The zero-order valence-electron chi connectivity index (χ0n) is 20.9. The van der Waals surface area contributed by atoms with Crippen molar-refractivity contribution in [2.24, 2.45) is 12.2 Å². The van der Waals surface area contributed by atoms with Crippen LogP contribution in [0.25, 0.3) is 0 Å². The molecule has 1 saturated heterocycles. The van der Waals surface area contributed by atoms with Gasteiger partial charge in [0.25, 0.3) is 11.8 Å². The highest BCUT2D eigenvalue weighted by Crippen LogP contribution is 2.41. The number of nitrogen functional groups attached to an aromatic ring is 1. The number of nitrogens with two attached hydrogens (primary N) is 1. The highest BCUT2D eigenvalue weighted by atomic mass is 32.2. The van der Waals surface area contributed by atoms with Gasteiger partial charge in [-0.05, 0) is 36.2 Å². The first kappa shape index (κ1) is 28.3. The summed E-state index contributed by atoms with van der Waals surface area (Å²) in [7, 11) is 1.82. The summed E-state index contributed by atoms with van der Waals surface area (Å²) in [5, 5.41) is 27.1. The number of thiazole rings is 1. The lowest BCUT2D eigenvalue weighted by molar-refractivity contribution is -0.713. The Labute approximate surface area is 234 Å². The first-order chi connectivity index (χ1) is 18.4. The average molecular weight is 595 g/mol. The predicted molar refractivity (Wildman–Crippen MR) is 142 cm³/mol. The number of hydrogen-bond donors (Lipinski definition) is 4. The lowest BCUT2D eigenvalue weighted by Gasteiger charge is -2.49. The molecule has 2 aromatic heterocycles. The molecule has 1 fully saturated rings. The van der Waals surface area contributed by atoms with E-state index >= 15 is 0 Å². The van der Waals surface area contributed by atoms with Gasteiger partial charge < -0.3 is 26.1 Å². The Balaban J connectivity index is 1.52. The summed E-state index contributed by atoms with van der Waals surface area (Å²) in [5.41, 5.74) is 4.02. The Kier molecular flexibility index (Phi) is 8.12. The van der Waals surface area contributed by atoms with Gasteiger partial charge in [-0.1, -0.05) is 5.16 Å². The molecule has 17 heteroatoms. The molecule has 206 valence electrons. The van der Waals surface area contributed by atoms with Gasteiger partial charge in [-0.25, -0.2) is 19.1 Å². The smallest absolute Gasteiger partial charge is 0.359 e. The Morgan fingerprint density at radius 2 is 2.13 bits per heavy atom. The Morgan fingerprint density at radius 1 is 1.38 bits per heavy atom. The molecule has 14 nitrogen and oxygen atoms in total. The largest absolute Gasteiger partial charge is 0.478 e. The quantitative estimate of drug-likeness (QED) is 0.0721.